The predicted octanol–water partition coefficient (Wildman–Crippen LogP) is -3.07. The zero-order valence-electron chi connectivity index (χ0n) is 15.5. The van der Waals surface area contributed by atoms with Gasteiger partial charge in [0.05, 0.1) is 32.7 Å². The van der Waals surface area contributed by atoms with Crippen LogP contribution in [0.5, 0.6) is 0 Å². The van der Waals surface area contributed by atoms with Gasteiger partial charge >= 0.3 is 29.8 Å². The first-order valence-corrected chi connectivity index (χ1v) is 7.75. The van der Waals surface area contributed by atoms with Crippen LogP contribution in [0.2, 0.25) is 0 Å². The number of nitrogens with zero attached hydrogens (tertiary/aromatic N) is 3. The van der Waals surface area contributed by atoms with E-state index in [1.54, 1.807) is 0 Å². The zero-order chi connectivity index (χ0) is 21.0. The van der Waals surface area contributed by atoms with E-state index < -0.39 is 62.6 Å². The van der Waals surface area contributed by atoms with Gasteiger partial charge in [0.25, 0.3) is 0 Å². The van der Waals surface area contributed by atoms with Crippen LogP contribution in [-0.4, -0.2) is 180 Å². The van der Waals surface area contributed by atoms with Crippen molar-refractivity contribution in [2.45, 2.75) is 0 Å². The Bertz CT molecular complexity index is 487. The summed E-state index contributed by atoms with van der Waals surface area (Å²) in [5.74, 6) is -6.16. The van der Waals surface area contributed by atoms with Gasteiger partial charge in [-0.1, -0.05) is 0 Å². The molecule has 5 N–H and O–H groups in total. The van der Waals surface area contributed by atoms with Crippen molar-refractivity contribution < 1.29 is 49.5 Å². The Balaban J connectivity index is 0. The van der Waals surface area contributed by atoms with Crippen LogP contribution in [0.15, 0.2) is 0 Å². The summed E-state index contributed by atoms with van der Waals surface area (Å²) < 4.78 is 0. The predicted molar refractivity (Wildman–Crippen MR) is 93.3 cm³/mol. The minimum absolute atomic E-state index is 0. The molecule has 0 unspecified atom stereocenters. The maximum absolute atomic E-state index is 11.0. The van der Waals surface area contributed by atoms with Crippen molar-refractivity contribution in [3.05, 3.63) is 0 Å². The molecule has 14 heteroatoms. The number of carbonyl (C=O) groups is 5. The molecule has 0 fully saturated rings. The van der Waals surface area contributed by atoms with Gasteiger partial charge in [0.15, 0.2) is 0 Å². The van der Waals surface area contributed by atoms with Crippen LogP contribution < -0.4 is 0 Å². The second kappa shape index (κ2) is 15.8. The second-order valence-electron chi connectivity index (χ2n) is 5.67. The number of aliphatic carboxylic acids is 5. The van der Waals surface area contributed by atoms with Crippen molar-refractivity contribution in [2.24, 2.45) is 0 Å². The first kappa shape index (κ1) is 29.1. The van der Waals surface area contributed by atoms with E-state index >= 15 is 0 Å². The van der Waals surface area contributed by atoms with Gasteiger partial charge in [-0.2, -0.15) is 0 Å². The Morgan fingerprint density at radius 3 is 0.821 bits per heavy atom. The van der Waals surface area contributed by atoms with Crippen LogP contribution in [0, 0.1) is 0 Å². The van der Waals surface area contributed by atoms with E-state index in [-0.39, 0.29) is 77.6 Å². The SMILES string of the molecule is O=C(O)CN(CCN(CC(=O)O)CC(=O)O)CCN(CC(=O)O)CC(=O)O.[K]. The Morgan fingerprint density at radius 2 is 0.607 bits per heavy atom. The summed E-state index contributed by atoms with van der Waals surface area (Å²) in [5.41, 5.74) is 0. The summed E-state index contributed by atoms with van der Waals surface area (Å²) in [7, 11) is 0. The Morgan fingerprint density at radius 1 is 0.429 bits per heavy atom. The van der Waals surface area contributed by atoms with Gasteiger partial charge in [-0.05, 0) is 0 Å². The maximum Gasteiger partial charge on any atom is 0.317 e. The molecule has 0 aliphatic heterocycles. The number of hydrogen-bond donors (Lipinski definition) is 5. The van der Waals surface area contributed by atoms with Crippen molar-refractivity contribution in [3.63, 3.8) is 0 Å². The maximum atomic E-state index is 11.0. The molecule has 0 rings (SSSR count). The van der Waals surface area contributed by atoms with Gasteiger partial charge in [0, 0.05) is 77.6 Å². The zero-order valence-corrected chi connectivity index (χ0v) is 18.6. The smallest absolute Gasteiger partial charge is 0.317 e. The molecule has 0 heterocycles. The average Bonchev–Trinajstić information content (AvgIpc) is 2.46. The van der Waals surface area contributed by atoms with Gasteiger partial charge in [-0.25, -0.2) is 0 Å². The fraction of sp³-hybridized carbons (Fsp3) is 0.643. The molecule has 1 radical (unpaired) electrons. The molecule has 0 aliphatic carbocycles. The summed E-state index contributed by atoms with van der Waals surface area (Å²) in [5, 5.41) is 44.1. The summed E-state index contributed by atoms with van der Waals surface area (Å²) in [4.78, 5) is 57.6. The molecule has 28 heavy (non-hydrogen) atoms. The second-order valence-corrected chi connectivity index (χ2v) is 5.67. The van der Waals surface area contributed by atoms with E-state index in [9.17, 15) is 24.0 Å². The van der Waals surface area contributed by atoms with Crippen molar-refractivity contribution in [1.82, 2.24) is 14.7 Å². The number of carboxylic acids is 5. The fourth-order valence-corrected chi connectivity index (χ4v) is 2.22. The molecular weight excluding hydrogens is 409 g/mol. The quantitative estimate of drug-likeness (QED) is 0.154. The summed E-state index contributed by atoms with van der Waals surface area (Å²) in [6.45, 7) is -2.74. The van der Waals surface area contributed by atoms with E-state index in [2.05, 4.69) is 0 Å². The summed E-state index contributed by atoms with van der Waals surface area (Å²) >= 11 is 0. The molecule has 0 atom stereocenters. The number of rotatable bonds is 16. The first-order valence-electron chi connectivity index (χ1n) is 7.75. The van der Waals surface area contributed by atoms with Crippen molar-refractivity contribution in [1.29, 1.82) is 0 Å². The van der Waals surface area contributed by atoms with Gasteiger partial charge in [0.1, 0.15) is 0 Å². The van der Waals surface area contributed by atoms with Crippen LogP contribution in [0.4, 0.5) is 0 Å². The Labute approximate surface area is 202 Å². The van der Waals surface area contributed by atoms with E-state index in [0.29, 0.717) is 0 Å². The first-order chi connectivity index (χ1) is 12.5. The fourth-order valence-electron chi connectivity index (χ4n) is 2.22. The van der Waals surface area contributed by atoms with Gasteiger partial charge in [-0.15, -0.1) is 0 Å². The van der Waals surface area contributed by atoms with Gasteiger partial charge in [0.2, 0.25) is 0 Å². The molecule has 0 spiro atoms. The largest absolute Gasteiger partial charge is 0.480 e. The van der Waals surface area contributed by atoms with E-state index in [1.165, 1.54) is 4.90 Å². The minimum Gasteiger partial charge on any atom is -0.480 e. The van der Waals surface area contributed by atoms with Crippen LogP contribution in [0.1, 0.15) is 0 Å². The third-order valence-corrected chi connectivity index (χ3v) is 3.26. The molecule has 155 valence electrons. The summed E-state index contributed by atoms with van der Waals surface area (Å²) in [6.07, 6.45) is 0. The molecule has 0 aliphatic rings. The van der Waals surface area contributed by atoms with Crippen molar-refractivity contribution >= 4 is 81.2 Å². The van der Waals surface area contributed by atoms with Gasteiger partial charge in [-0.3, -0.25) is 38.7 Å². The monoisotopic (exact) mass is 432 g/mol. The molecular formula is C14H23KN3O10. The molecule has 0 aromatic rings. The van der Waals surface area contributed by atoms with Crippen LogP contribution in [0.3, 0.4) is 0 Å². The van der Waals surface area contributed by atoms with Crippen molar-refractivity contribution in [2.75, 3.05) is 58.9 Å². The molecule has 0 bridgehead atoms. The van der Waals surface area contributed by atoms with Gasteiger partial charge < -0.3 is 25.5 Å². The summed E-state index contributed by atoms with van der Waals surface area (Å²) in [6, 6.07) is 0. The minimum atomic E-state index is -1.24. The van der Waals surface area contributed by atoms with Crippen LogP contribution in [-0.2, 0) is 24.0 Å². The Kier molecular flexibility index (Phi) is 16.4. The molecule has 0 aromatic carbocycles. The standard InChI is InChI=1S/C14H23N3O10.K/c18-10(19)5-15(1-3-16(6-11(20)21)7-12(22)23)2-4-17(8-13(24)25)9-14(26)27;/h1-9H2,(H,18,19)(H,20,21)(H,22,23)(H,24,25)(H,26,27);. The number of carboxylic acid groups (broad SMARTS) is 5. The normalized spacial score (nSPS) is 10.7. The Hall–Kier alpha value is -1.13. The molecule has 0 saturated heterocycles. The molecule has 0 saturated carbocycles. The third-order valence-electron chi connectivity index (χ3n) is 3.26. The van der Waals surface area contributed by atoms with Crippen molar-refractivity contribution in [3.8, 4) is 0 Å². The third kappa shape index (κ3) is 17.0. The molecule has 0 amide bonds. The van der Waals surface area contributed by atoms with E-state index in [1.807, 2.05) is 0 Å². The topological polar surface area (TPSA) is 196 Å². The average molecular weight is 432 g/mol. The van der Waals surface area contributed by atoms with E-state index in [0.717, 1.165) is 9.80 Å². The molecule has 0 aromatic heterocycles. The van der Waals surface area contributed by atoms with Crippen LogP contribution in [0.25, 0.3) is 0 Å². The molecule has 13 nitrogen and oxygen atoms in total. The van der Waals surface area contributed by atoms with E-state index in [4.69, 9.17) is 25.5 Å². The van der Waals surface area contributed by atoms with Crippen LogP contribution >= 0.6 is 0 Å². The number of hydrogen-bond acceptors (Lipinski definition) is 8.